The Balaban J connectivity index is 2.00. The molecule has 1 fully saturated rings. The summed E-state index contributed by atoms with van der Waals surface area (Å²) >= 11 is 0. The van der Waals surface area contributed by atoms with Crippen molar-refractivity contribution in [3.8, 4) is 0 Å². The summed E-state index contributed by atoms with van der Waals surface area (Å²) in [6.07, 6.45) is 1.18. The lowest BCUT2D eigenvalue weighted by Crippen LogP contribution is -2.20. The van der Waals surface area contributed by atoms with Crippen LogP contribution >= 0.6 is 0 Å². The van der Waals surface area contributed by atoms with E-state index in [0.29, 0.717) is 18.0 Å². The van der Waals surface area contributed by atoms with Crippen LogP contribution in [0.2, 0.25) is 0 Å². The largest absolute Gasteiger partial charge is 0.475 e. The topological polar surface area (TPSA) is 53.7 Å². The van der Waals surface area contributed by atoms with Crippen molar-refractivity contribution in [1.29, 1.82) is 0 Å². The Kier molecular flexibility index (Phi) is 3.03. The van der Waals surface area contributed by atoms with E-state index in [-0.39, 0.29) is 5.76 Å². The highest BCUT2D eigenvalue weighted by Gasteiger charge is 2.25. The van der Waals surface area contributed by atoms with Gasteiger partial charge in [0.05, 0.1) is 0 Å². The Hall–Kier alpha value is -1.81. The van der Waals surface area contributed by atoms with Gasteiger partial charge in [-0.2, -0.15) is 0 Å². The molecule has 1 aliphatic rings. The average Bonchev–Trinajstić information content (AvgIpc) is 2.95. The smallest absolute Gasteiger partial charge is 0.372 e. The molecule has 0 radical (unpaired) electrons. The molecule has 4 nitrogen and oxygen atoms in total. The lowest BCUT2D eigenvalue weighted by Gasteiger charge is -2.14. The van der Waals surface area contributed by atoms with Gasteiger partial charge in [-0.3, -0.25) is 4.90 Å². The third-order valence-corrected chi connectivity index (χ3v) is 3.78. The molecular formula is C15H17NO3. The van der Waals surface area contributed by atoms with Gasteiger partial charge in [0.2, 0.25) is 5.76 Å². The highest BCUT2D eigenvalue weighted by Crippen LogP contribution is 2.28. The van der Waals surface area contributed by atoms with Gasteiger partial charge >= 0.3 is 5.97 Å². The monoisotopic (exact) mass is 259 g/mol. The molecule has 3 rings (SSSR count). The van der Waals surface area contributed by atoms with Crippen LogP contribution < -0.4 is 0 Å². The maximum atomic E-state index is 11.3. The first-order chi connectivity index (χ1) is 9.15. The lowest BCUT2D eigenvalue weighted by molar-refractivity contribution is 0.0662. The zero-order valence-electron chi connectivity index (χ0n) is 10.9. The number of rotatable bonds is 3. The van der Waals surface area contributed by atoms with Crippen LogP contribution in [0.5, 0.6) is 0 Å². The van der Waals surface area contributed by atoms with Gasteiger partial charge in [-0.25, -0.2) is 4.79 Å². The van der Waals surface area contributed by atoms with E-state index in [4.69, 9.17) is 4.42 Å². The average molecular weight is 259 g/mol. The van der Waals surface area contributed by atoms with E-state index < -0.39 is 5.97 Å². The van der Waals surface area contributed by atoms with Crippen LogP contribution in [-0.2, 0) is 6.54 Å². The molecule has 1 aliphatic heterocycles. The van der Waals surface area contributed by atoms with Gasteiger partial charge in [-0.05, 0) is 24.9 Å². The van der Waals surface area contributed by atoms with Crippen LogP contribution in [0.15, 0.2) is 28.7 Å². The second kappa shape index (κ2) is 4.70. The van der Waals surface area contributed by atoms with Crippen LogP contribution in [0.4, 0.5) is 0 Å². The van der Waals surface area contributed by atoms with E-state index >= 15 is 0 Å². The predicted molar refractivity (Wildman–Crippen MR) is 72.2 cm³/mol. The number of fused-ring (bicyclic) bond motifs is 1. The van der Waals surface area contributed by atoms with Gasteiger partial charge in [0.25, 0.3) is 0 Å². The maximum Gasteiger partial charge on any atom is 0.372 e. The third kappa shape index (κ3) is 2.24. The Morgan fingerprint density at radius 3 is 2.95 bits per heavy atom. The van der Waals surface area contributed by atoms with Crippen LogP contribution in [0.25, 0.3) is 11.0 Å². The van der Waals surface area contributed by atoms with Crippen LogP contribution in [0, 0.1) is 5.92 Å². The first-order valence-corrected chi connectivity index (χ1v) is 6.61. The summed E-state index contributed by atoms with van der Waals surface area (Å²) in [5.41, 5.74) is 1.46. The number of carboxylic acid groups (broad SMARTS) is 1. The van der Waals surface area contributed by atoms with Gasteiger partial charge in [-0.15, -0.1) is 0 Å². The molecule has 1 aromatic carbocycles. The molecule has 1 unspecified atom stereocenters. The SMILES string of the molecule is CC1CCN(Cc2c(C(=O)O)oc3ccccc23)C1. The molecule has 2 aromatic rings. The number of likely N-dealkylation sites (tertiary alicyclic amines) is 1. The zero-order chi connectivity index (χ0) is 13.4. The highest BCUT2D eigenvalue weighted by molar-refractivity contribution is 5.95. The molecule has 1 aromatic heterocycles. The second-order valence-electron chi connectivity index (χ2n) is 5.34. The molecule has 0 bridgehead atoms. The Morgan fingerprint density at radius 2 is 2.26 bits per heavy atom. The van der Waals surface area contributed by atoms with Crippen molar-refractivity contribution in [2.45, 2.75) is 19.9 Å². The summed E-state index contributed by atoms with van der Waals surface area (Å²) < 4.78 is 5.47. The van der Waals surface area contributed by atoms with Crippen LogP contribution in [0.1, 0.15) is 29.5 Å². The van der Waals surface area contributed by atoms with E-state index in [9.17, 15) is 9.90 Å². The lowest BCUT2D eigenvalue weighted by atomic mass is 10.1. The Bertz CT molecular complexity index is 617. The number of benzene rings is 1. The third-order valence-electron chi connectivity index (χ3n) is 3.78. The predicted octanol–water partition coefficient (Wildman–Crippen LogP) is 2.97. The standard InChI is InChI=1S/C15H17NO3/c1-10-6-7-16(8-10)9-12-11-4-2-3-5-13(11)19-14(12)15(17)18/h2-5,10H,6-9H2,1H3,(H,17,18). The van der Waals surface area contributed by atoms with Crippen molar-refractivity contribution in [3.63, 3.8) is 0 Å². The maximum absolute atomic E-state index is 11.3. The molecule has 0 saturated carbocycles. The summed E-state index contributed by atoms with van der Waals surface area (Å²) in [4.78, 5) is 13.6. The number of para-hydroxylation sites is 1. The number of hydrogen-bond acceptors (Lipinski definition) is 3. The molecule has 19 heavy (non-hydrogen) atoms. The van der Waals surface area contributed by atoms with E-state index in [1.165, 1.54) is 6.42 Å². The van der Waals surface area contributed by atoms with Gasteiger partial charge in [0.15, 0.2) is 0 Å². The second-order valence-corrected chi connectivity index (χ2v) is 5.34. The van der Waals surface area contributed by atoms with Crippen LogP contribution in [-0.4, -0.2) is 29.1 Å². The summed E-state index contributed by atoms with van der Waals surface area (Å²) in [5.74, 6) is -0.217. The quantitative estimate of drug-likeness (QED) is 0.920. The Morgan fingerprint density at radius 1 is 1.47 bits per heavy atom. The van der Waals surface area contributed by atoms with Gasteiger partial charge in [0, 0.05) is 24.0 Å². The van der Waals surface area contributed by atoms with Gasteiger partial charge < -0.3 is 9.52 Å². The van der Waals surface area contributed by atoms with Crippen molar-refractivity contribution in [2.75, 3.05) is 13.1 Å². The zero-order valence-corrected chi connectivity index (χ0v) is 10.9. The molecule has 0 aliphatic carbocycles. The highest BCUT2D eigenvalue weighted by atomic mass is 16.4. The number of carboxylic acids is 1. The van der Waals surface area contributed by atoms with E-state index in [1.54, 1.807) is 0 Å². The molecule has 0 spiro atoms. The minimum Gasteiger partial charge on any atom is -0.475 e. The fraction of sp³-hybridized carbons (Fsp3) is 0.400. The molecule has 1 saturated heterocycles. The van der Waals surface area contributed by atoms with Crippen molar-refractivity contribution < 1.29 is 14.3 Å². The fourth-order valence-corrected chi connectivity index (χ4v) is 2.82. The summed E-state index contributed by atoms with van der Waals surface area (Å²) in [7, 11) is 0. The summed E-state index contributed by atoms with van der Waals surface area (Å²) in [5, 5.41) is 10.2. The van der Waals surface area contributed by atoms with Gasteiger partial charge in [-0.1, -0.05) is 25.1 Å². The minimum atomic E-state index is -0.988. The van der Waals surface area contributed by atoms with Crippen molar-refractivity contribution in [1.82, 2.24) is 4.90 Å². The fourth-order valence-electron chi connectivity index (χ4n) is 2.82. The van der Waals surface area contributed by atoms with Gasteiger partial charge in [0.1, 0.15) is 5.58 Å². The Labute approximate surface area is 111 Å². The number of nitrogens with zero attached hydrogens (tertiary/aromatic N) is 1. The molecule has 4 heteroatoms. The normalized spacial score (nSPS) is 20.2. The van der Waals surface area contributed by atoms with E-state index in [1.807, 2.05) is 24.3 Å². The molecule has 1 N–H and O–H groups in total. The number of carbonyl (C=O) groups is 1. The number of hydrogen-bond donors (Lipinski definition) is 1. The van der Waals surface area contributed by atoms with Crippen LogP contribution in [0.3, 0.4) is 0 Å². The van der Waals surface area contributed by atoms with Crippen molar-refractivity contribution in [2.24, 2.45) is 5.92 Å². The first kappa shape index (κ1) is 12.2. The number of aromatic carboxylic acids is 1. The van der Waals surface area contributed by atoms with Crippen molar-refractivity contribution >= 4 is 16.9 Å². The minimum absolute atomic E-state index is 0.0840. The number of furan rings is 1. The molecular weight excluding hydrogens is 242 g/mol. The molecule has 100 valence electrons. The summed E-state index contributed by atoms with van der Waals surface area (Å²) in [6, 6.07) is 7.52. The molecule has 1 atom stereocenters. The van der Waals surface area contributed by atoms with E-state index in [0.717, 1.165) is 24.0 Å². The summed E-state index contributed by atoms with van der Waals surface area (Å²) in [6.45, 7) is 4.94. The molecule has 2 heterocycles. The van der Waals surface area contributed by atoms with E-state index in [2.05, 4.69) is 11.8 Å². The molecule has 0 amide bonds. The first-order valence-electron chi connectivity index (χ1n) is 6.61. The van der Waals surface area contributed by atoms with Crippen molar-refractivity contribution in [3.05, 3.63) is 35.6 Å².